The van der Waals surface area contributed by atoms with Gasteiger partial charge in [0.2, 0.25) is 0 Å². The minimum atomic E-state index is -0.487. The third-order valence-corrected chi connectivity index (χ3v) is 4.22. The molecule has 1 aromatic rings. The summed E-state index contributed by atoms with van der Waals surface area (Å²) in [6, 6.07) is 1.36. The number of halogens is 1. The van der Waals surface area contributed by atoms with Crippen LogP contribution in [-0.2, 0) is 4.74 Å². The van der Waals surface area contributed by atoms with Gasteiger partial charge in [-0.15, -0.1) is 0 Å². The monoisotopic (exact) mass is 283 g/mol. The zero-order chi connectivity index (χ0) is 13.5. The van der Waals surface area contributed by atoms with Crippen LogP contribution in [0.2, 0.25) is 5.02 Å². The van der Waals surface area contributed by atoms with Gasteiger partial charge in [0.1, 0.15) is 12.0 Å². The van der Waals surface area contributed by atoms with Crippen molar-refractivity contribution in [2.24, 2.45) is 5.41 Å². The molecule has 0 bridgehead atoms. The van der Waals surface area contributed by atoms with E-state index in [1.165, 1.54) is 12.3 Å². The van der Waals surface area contributed by atoms with E-state index in [0.717, 1.165) is 39.1 Å². The zero-order valence-corrected chi connectivity index (χ0v) is 11.1. The molecule has 0 aromatic carbocycles. The Kier molecular flexibility index (Phi) is 3.06. The average molecular weight is 284 g/mol. The van der Waals surface area contributed by atoms with Gasteiger partial charge in [0.15, 0.2) is 0 Å². The molecular formula is C12H14ClN3O3. The summed E-state index contributed by atoms with van der Waals surface area (Å²) in [6.07, 6.45) is 3.38. The highest BCUT2D eigenvalue weighted by atomic mass is 35.5. The molecule has 0 aliphatic carbocycles. The van der Waals surface area contributed by atoms with Crippen molar-refractivity contribution >= 4 is 23.1 Å². The number of nitrogens with zero attached hydrogens (tertiary/aromatic N) is 3. The van der Waals surface area contributed by atoms with Crippen molar-refractivity contribution in [3.05, 3.63) is 27.4 Å². The van der Waals surface area contributed by atoms with Crippen molar-refractivity contribution < 1.29 is 9.66 Å². The number of nitro groups is 1. The molecule has 0 radical (unpaired) electrons. The van der Waals surface area contributed by atoms with Crippen molar-refractivity contribution in [1.29, 1.82) is 0 Å². The number of pyridine rings is 1. The van der Waals surface area contributed by atoms with Crippen molar-refractivity contribution in [3.8, 4) is 0 Å². The number of anilines is 1. The minimum absolute atomic E-state index is 0.0770. The first kappa shape index (κ1) is 12.6. The molecule has 2 aliphatic rings. The van der Waals surface area contributed by atoms with E-state index in [4.69, 9.17) is 16.3 Å². The van der Waals surface area contributed by atoms with Crippen LogP contribution in [0, 0.1) is 15.5 Å². The standard InChI is InChI=1S/C12H14ClN3O3/c13-10-5-9(16(17)18)6-14-11(10)15-3-1-12(7-15)2-4-19-8-12/h5-6H,1-4,7-8H2. The molecule has 3 heterocycles. The lowest BCUT2D eigenvalue weighted by atomic mass is 9.87. The molecule has 19 heavy (non-hydrogen) atoms. The number of ether oxygens (including phenoxy) is 1. The third kappa shape index (κ3) is 2.26. The van der Waals surface area contributed by atoms with E-state index in [2.05, 4.69) is 9.88 Å². The Labute approximate surface area is 115 Å². The van der Waals surface area contributed by atoms with Gasteiger partial charge >= 0.3 is 0 Å². The quantitative estimate of drug-likeness (QED) is 0.615. The zero-order valence-electron chi connectivity index (χ0n) is 10.3. The second-order valence-electron chi connectivity index (χ2n) is 5.23. The highest BCUT2D eigenvalue weighted by Crippen LogP contribution is 2.41. The normalized spacial score (nSPS) is 26.3. The summed E-state index contributed by atoms with van der Waals surface area (Å²) in [7, 11) is 0. The van der Waals surface area contributed by atoms with Gasteiger partial charge in [-0.05, 0) is 12.8 Å². The Morgan fingerprint density at radius 3 is 3.00 bits per heavy atom. The number of hydrogen-bond acceptors (Lipinski definition) is 5. The Hall–Kier alpha value is -1.40. The van der Waals surface area contributed by atoms with Crippen LogP contribution < -0.4 is 4.90 Å². The van der Waals surface area contributed by atoms with Gasteiger partial charge in [-0.25, -0.2) is 4.98 Å². The molecule has 1 aromatic heterocycles. The molecule has 2 aliphatic heterocycles. The smallest absolute Gasteiger partial charge is 0.289 e. The van der Waals surface area contributed by atoms with Crippen LogP contribution in [0.15, 0.2) is 12.3 Å². The van der Waals surface area contributed by atoms with Gasteiger partial charge < -0.3 is 9.64 Å². The summed E-state index contributed by atoms with van der Waals surface area (Å²) in [4.78, 5) is 16.4. The lowest BCUT2D eigenvalue weighted by molar-refractivity contribution is -0.385. The lowest BCUT2D eigenvalue weighted by Crippen LogP contribution is -2.28. The van der Waals surface area contributed by atoms with E-state index in [0.29, 0.717) is 10.8 Å². The summed E-state index contributed by atoms with van der Waals surface area (Å²) in [5, 5.41) is 11.0. The summed E-state index contributed by atoms with van der Waals surface area (Å²) in [5.74, 6) is 0.635. The highest BCUT2D eigenvalue weighted by Gasteiger charge is 2.42. The molecule has 1 unspecified atom stereocenters. The van der Waals surface area contributed by atoms with Crippen LogP contribution in [-0.4, -0.2) is 36.2 Å². The van der Waals surface area contributed by atoms with Crippen molar-refractivity contribution in [2.45, 2.75) is 12.8 Å². The van der Waals surface area contributed by atoms with Gasteiger partial charge in [-0.2, -0.15) is 0 Å². The maximum atomic E-state index is 10.7. The van der Waals surface area contributed by atoms with E-state index < -0.39 is 4.92 Å². The van der Waals surface area contributed by atoms with Crippen molar-refractivity contribution in [3.63, 3.8) is 0 Å². The fourth-order valence-electron chi connectivity index (χ4n) is 2.84. The predicted molar refractivity (Wildman–Crippen MR) is 70.6 cm³/mol. The molecule has 7 heteroatoms. The molecule has 3 rings (SSSR count). The summed E-state index contributed by atoms with van der Waals surface area (Å²) in [6.45, 7) is 3.33. The molecule has 1 spiro atoms. The first-order valence-corrected chi connectivity index (χ1v) is 6.60. The Morgan fingerprint density at radius 1 is 1.53 bits per heavy atom. The summed E-state index contributed by atoms with van der Waals surface area (Å²) >= 11 is 6.11. The van der Waals surface area contributed by atoms with Crippen LogP contribution in [0.4, 0.5) is 11.5 Å². The first-order chi connectivity index (χ1) is 9.10. The second kappa shape index (κ2) is 4.61. The second-order valence-corrected chi connectivity index (χ2v) is 5.64. The van der Waals surface area contributed by atoms with Crippen LogP contribution >= 0.6 is 11.6 Å². The number of rotatable bonds is 2. The van der Waals surface area contributed by atoms with Gasteiger partial charge in [0, 0.05) is 31.2 Å². The molecular weight excluding hydrogens is 270 g/mol. The van der Waals surface area contributed by atoms with E-state index in [9.17, 15) is 10.1 Å². The summed E-state index contributed by atoms with van der Waals surface area (Å²) < 4.78 is 5.48. The Morgan fingerprint density at radius 2 is 2.37 bits per heavy atom. The topological polar surface area (TPSA) is 68.5 Å². The molecule has 0 N–H and O–H groups in total. The highest BCUT2D eigenvalue weighted by molar-refractivity contribution is 6.33. The van der Waals surface area contributed by atoms with Gasteiger partial charge in [-0.1, -0.05) is 11.6 Å². The summed E-state index contributed by atoms with van der Waals surface area (Å²) in [5.41, 5.74) is 0.138. The van der Waals surface area contributed by atoms with Gasteiger partial charge in [0.25, 0.3) is 5.69 Å². The van der Waals surface area contributed by atoms with Gasteiger partial charge in [-0.3, -0.25) is 10.1 Å². The van der Waals surface area contributed by atoms with Crippen LogP contribution in [0.3, 0.4) is 0 Å². The number of aromatic nitrogens is 1. The van der Waals surface area contributed by atoms with E-state index >= 15 is 0 Å². The molecule has 0 amide bonds. The minimum Gasteiger partial charge on any atom is -0.381 e. The molecule has 1 atom stereocenters. The van der Waals surface area contributed by atoms with Crippen molar-refractivity contribution in [1.82, 2.24) is 4.98 Å². The first-order valence-electron chi connectivity index (χ1n) is 6.22. The fraction of sp³-hybridized carbons (Fsp3) is 0.583. The van der Waals surface area contributed by atoms with E-state index in [-0.39, 0.29) is 11.1 Å². The van der Waals surface area contributed by atoms with E-state index in [1.54, 1.807) is 0 Å². The molecule has 2 saturated heterocycles. The average Bonchev–Trinajstić information content (AvgIpc) is 3.00. The maximum Gasteiger partial charge on any atom is 0.289 e. The lowest BCUT2D eigenvalue weighted by Gasteiger charge is -2.23. The molecule has 2 fully saturated rings. The SMILES string of the molecule is O=[N+]([O-])c1cnc(N2CCC3(CCOC3)C2)c(Cl)c1. The van der Waals surface area contributed by atoms with Crippen molar-refractivity contribution in [2.75, 3.05) is 31.2 Å². The third-order valence-electron chi connectivity index (χ3n) is 3.94. The van der Waals surface area contributed by atoms with Crippen LogP contribution in [0.1, 0.15) is 12.8 Å². The molecule has 0 saturated carbocycles. The predicted octanol–water partition coefficient (Wildman–Crippen LogP) is 2.26. The Balaban J connectivity index is 1.82. The largest absolute Gasteiger partial charge is 0.381 e. The number of hydrogen-bond donors (Lipinski definition) is 0. The molecule has 102 valence electrons. The maximum absolute atomic E-state index is 10.7. The van der Waals surface area contributed by atoms with Crippen LogP contribution in [0.5, 0.6) is 0 Å². The van der Waals surface area contributed by atoms with Gasteiger partial charge in [0.05, 0.1) is 16.6 Å². The Bertz CT molecular complexity index is 517. The van der Waals surface area contributed by atoms with E-state index in [1.807, 2.05) is 0 Å². The van der Waals surface area contributed by atoms with Crippen LogP contribution in [0.25, 0.3) is 0 Å². The molecule has 6 nitrogen and oxygen atoms in total. The fourth-order valence-corrected chi connectivity index (χ4v) is 3.12.